The van der Waals surface area contributed by atoms with Crippen LogP contribution in [-0.2, 0) is 4.74 Å². The van der Waals surface area contributed by atoms with Gasteiger partial charge in [-0.15, -0.1) is 0 Å². The third kappa shape index (κ3) is 3.98. The van der Waals surface area contributed by atoms with E-state index in [2.05, 4.69) is 22.4 Å². The summed E-state index contributed by atoms with van der Waals surface area (Å²) in [6.45, 7) is 1.82. The van der Waals surface area contributed by atoms with Crippen molar-refractivity contribution in [1.29, 1.82) is 0 Å². The highest BCUT2D eigenvalue weighted by Crippen LogP contribution is 2.33. The van der Waals surface area contributed by atoms with Gasteiger partial charge in [-0.05, 0) is 61.3 Å². The molecule has 136 valence electrons. The minimum atomic E-state index is -0.482. The van der Waals surface area contributed by atoms with Crippen molar-refractivity contribution in [1.82, 2.24) is 0 Å². The first-order valence-corrected chi connectivity index (χ1v) is 8.78. The number of isothiocyanates is 1. The first-order valence-electron chi connectivity index (χ1n) is 8.37. The molecule has 0 amide bonds. The summed E-state index contributed by atoms with van der Waals surface area (Å²) in [6, 6.07) is 9.57. The van der Waals surface area contributed by atoms with E-state index in [0.717, 1.165) is 12.8 Å². The van der Waals surface area contributed by atoms with Crippen molar-refractivity contribution in [2.24, 2.45) is 4.99 Å². The van der Waals surface area contributed by atoms with E-state index in [1.54, 1.807) is 18.2 Å². The molecule has 0 bridgehead atoms. The Morgan fingerprint density at radius 2 is 1.77 bits per heavy atom. The molecule has 3 nitrogen and oxygen atoms in total. The average molecular weight is 375 g/mol. The molecule has 0 radical (unpaired) electrons. The topological polar surface area (TPSA) is 30.8 Å². The molecule has 0 heterocycles. The lowest BCUT2D eigenvalue weighted by Gasteiger charge is -2.34. The molecule has 0 N–H and O–H groups in total. The third-order valence-electron chi connectivity index (χ3n) is 4.63. The lowest BCUT2D eigenvalue weighted by atomic mass is 9.89. The van der Waals surface area contributed by atoms with Crippen molar-refractivity contribution in [2.45, 2.75) is 38.0 Å². The highest BCUT2D eigenvalue weighted by molar-refractivity contribution is 7.78. The summed E-state index contributed by atoms with van der Waals surface area (Å²) in [4.78, 5) is 4.01. The number of nitrogens with zero attached hydrogens (tertiary/aromatic N) is 1. The maximum atomic E-state index is 14.6. The van der Waals surface area contributed by atoms with Crippen LogP contribution in [0.5, 0.6) is 5.75 Å². The van der Waals surface area contributed by atoms with Crippen LogP contribution in [0.25, 0.3) is 11.1 Å². The fraction of sp³-hybridized carbons (Fsp3) is 0.350. The number of thiocarbonyl (C=S) groups is 1. The van der Waals surface area contributed by atoms with Crippen LogP contribution in [0.2, 0.25) is 0 Å². The first kappa shape index (κ1) is 18.6. The summed E-state index contributed by atoms with van der Waals surface area (Å²) in [5.41, 5.74) is 1.66. The van der Waals surface area contributed by atoms with E-state index < -0.39 is 5.82 Å². The lowest BCUT2D eigenvalue weighted by molar-refractivity contribution is -0.0533. The number of methoxy groups -OCH3 is 1. The molecule has 0 aliphatic heterocycles. The van der Waals surface area contributed by atoms with Crippen molar-refractivity contribution < 1.29 is 18.3 Å². The molecule has 1 saturated carbocycles. The number of rotatable bonds is 6. The maximum absolute atomic E-state index is 14.6. The Kier molecular flexibility index (Phi) is 5.77. The number of ether oxygens (including phenoxy) is 2. The maximum Gasteiger partial charge on any atom is 0.165 e. The van der Waals surface area contributed by atoms with Gasteiger partial charge >= 0.3 is 0 Å². The largest absolute Gasteiger partial charge is 0.494 e. The van der Waals surface area contributed by atoms with Gasteiger partial charge in [0.2, 0.25) is 0 Å². The lowest BCUT2D eigenvalue weighted by Crippen LogP contribution is -2.35. The van der Waals surface area contributed by atoms with Crippen LogP contribution in [0.1, 0.15) is 31.4 Å². The van der Waals surface area contributed by atoms with Crippen LogP contribution in [0.4, 0.5) is 8.78 Å². The van der Waals surface area contributed by atoms with E-state index in [0.29, 0.717) is 16.7 Å². The molecule has 1 aliphatic carbocycles. The fourth-order valence-electron chi connectivity index (χ4n) is 3.07. The summed E-state index contributed by atoms with van der Waals surface area (Å²) in [5.74, 6) is -0.701. The summed E-state index contributed by atoms with van der Waals surface area (Å²) >= 11 is 4.59. The Bertz CT molecular complexity index is 846. The molecule has 0 saturated heterocycles. The van der Waals surface area contributed by atoms with Crippen LogP contribution in [0.3, 0.4) is 0 Å². The molecular weight excluding hydrogens is 356 g/mol. The van der Waals surface area contributed by atoms with E-state index >= 15 is 0 Å². The Hall–Kier alpha value is -2.14. The molecule has 1 atom stereocenters. The average Bonchev–Trinajstić information content (AvgIpc) is 2.59. The zero-order valence-corrected chi connectivity index (χ0v) is 15.4. The van der Waals surface area contributed by atoms with E-state index in [4.69, 9.17) is 9.47 Å². The van der Waals surface area contributed by atoms with E-state index in [-0.39, 0.29) is 29.8 Å². The second kappa shape index (κ2) is 8.04. The number of benzene rings is 2. The standard InChI is InChI=1S/C20H19F2NO2S/c1-12(25-16-9-15(10-16)23-11-26)17-5-3-13(7-18(17)21)14-4-6-20(24-2)19(22)8-14/h3-8,12,15-16H,9-10H2,1-2H3. The molecule has 3 rings (SSSR count). The molecule has 1 unspecified atom stereocenters. The molecule has 2 aromatic carbocycles. The zero-order valence-electron chi connectivity index (χ0n) is 14.5. The van der Waals surface area contributed by atoms with Crippen molar-refractivity contribution in [3.8, 4) is 16.9 Å². The van der Waals surface area contributed by atoms with Gasteiger partial charge in [-0.3, -0.25) is 0 Å². The molecule has 0 aromatic heterocycles. The number of halogens is 2. The SMILES string of the molecule is COc1ccc(-c2ccc(C(C)OC3CC(N=C=S)C3)c(F)c2)cc1F. The molecule has 1 fully saturated rings. The molecule has 0 spiro atoms. The minimum absolute atomic E-state index is 0.0526. The van der Waals surface area contributed by atoms with Gasteiger partial charge in [-0.1, -0.05) is 18.2 Å². The van der Waals surface area contributed by atoms with Crippen molar-refractivity contribution in [3.63, 3.8) is 0 Å². The quantitative estimate of drug-likeness (QED) is 0.504. The van der Waals surface area contributed by atoms with Crippen LogP contribution in [0, 0.1) is 11.6 Å². The predicted molar refractivity (Wildman–Crippen MR) is 99.7 cm³/mol. The molecule has 1 aliphatic rings. The van der Waals surface area contributed by atoms with Gasteiger partial charge in [0.15, 0.2) is 11.6 Å². The number of aliphatic imine (C=N–C) groups is 1. The van der Waals surface area contributed by atoms with Gasteiger partial charge in [0, 0.05) is 5.56 Å². The van der Waals surface area contributed by atoms with Crippen LogP contribution in [0.15, 0.2) is 41.4 Å². The van der Waals surface area contributed by atoms with Crippen LogP contribution < -0.4 is 4.74 Å². The second-order valence-corrected chi connectivity index (χ2v) is 6.51. The van der Waals surface area contributed by atoms with Gasteiger partial charge < -0.3 is 9.47 Å². The monoisotopic (exact) mass is 375 g/mol. The highest BCUT2D eigenvalue weighted by atomic mass is 32.1. The summed E-state index contributed by atoms with van der Waals surface area (Å²) in [7, 11) is 1.40. The Morgan fingerprint density at radius 3 is 2.35 bits per heavy atom. The predicted octanol–water partition coefficient (Wildman–Crippen LogP) is 5.35. The minimum Gasteiger partial charge on any atom is -0.494 e. The molecular formula is C20H19F2NO2S. The van der Waals surface area contributed by atoms with Crippen LogP contribution in [-0.4, -0.2) is 24.4 Å². The number of hydrogen-bond acceptors (Lipinski definition) is 4. The van der Waals surface area contributed by atoms with Crippen molar-refractivity contribution in [2.75, 3.05) is 7.11 Å². The van der Waals surface area contributed by atoms with Gasteiger partial charge in [-0.25, -0.2) is 13.8 Å². The van der Waals surface area contributed by atoms with Crippen molar-refractivity contribution in [3.05, 3.63) is 53.6 Å². The van der Waals surface area contributed by atoms with Gasteiger partial charge in [0.25, 0.3) is 0 Å². The Balaban J connectivity index is 1.71. The number of hydrogen-bond donors (Lipinski definition) is 0. The summed E-state index contributed by atoms with van der Waals surface area (Å²) < 4.78 is 39.2. The molecule has 26 heavy (non-hydrogen) atoms. The first-order chi connectivity index (χ1) is 12.5. The van der Waals surface area contributed by atoms with Gasteiger partial charge in [0.1, 0.15) is 5.82 Å². The smallest absolute Gasteiger partial charge is 0.165 e. The van der Waals surface area contributed by atoms with E-state index in [1.807, 2.05) is 6.92 Å². The molecule has 2 aromatic rings. The second-order valence-electron chi connectivity index (χ2n) is 6.33. The van der Waals surface area contributed by atoms with E-state index in [9.17, 15) is 8.78 Å². The van der Waals surface area contributed by atoms with Crippen LogP contribution >= 0.6 is 12.2 Å². The summed E-state index contributed by atoms with van der Waals surface area (Å²) in [5, 5.41) is 2.38. The molecule has 6 heteroatoms. The summed E-state index contributed by atoms with van der Waals surface area (Å²) in [6.07, 6.45) is 1.23. The van der Waals surface area contributed by atoms with Gasteiger partial charge in [0.05, 0.1) is 30.5 Å². The van der Waals surface area contributed by atoms with Crippen molar-refractivity contribution >= 4 is 17.4 Å². The third-order valence-corrected chi connectivity index (χ3v) is 4.73. The van der Waals surface area contributed by atoms with Gasteiger partial charge in [-0.2, -0.15) is 0 Å². The zero-order chi connectivity index (χ0) is 18.7. The highest BCUT2D eigenvalue weighted by Gasteiger charge is 2.31. The Labute approximate surface area is 156 Å². The fourth-order valence-corrected chi connectivity index (χ4v) is 3.22. The Morgan fingerprint density at radius 1 is 1.12 bits per heavy atom. The van der Waals surface area contributed by atoms with E-state index in [1.165, 1.54) is 25.3 Å². The normalized spacial score (nSPS) is 20.0.